The van der Waals surface area contributed by atoms with Crippen molar-refractivity contribution in [2.45, 2.75) is 58.6 Å². The second kappa shape index (κ2) is 11.5. The molecule has 0 saturated carbocycles. The van der Waals surface area contributed by atoms with Gasteiger partial charge in [-0.2, -0.15) is 0 Å². The van der Waals surface area contributed by atoms with Gasteiger partial charge >= 0.3 is 5.97 Å². The number of aromatic nitrogens is 3. The van der Waals surface area contributed by atoms with Gasteiger partial charge in [-0.1, -0.05) is 0 Å². The van der Waals surface area contributed by atoms with Crippen molar-refractivity contribution < 1.29 is 28.1 Å². The van der Waals surface area contributed by atoms with Gasteiger partial charge in [-0.25, -0.2) is 14.3 Å². The maximum absolute atomic E-state index is 12.4. The zero-order valence-corrected chi connectivity index (χ0v) is 19.9. The lowest BCUT2D eigenvalue weighted by atomic mass is 10.1. The summed E-state index contributed by atoms with van der Waals surface area (Å²) in [6, 6.07) is 3.94. The molecule has 31 heavy (non-hydrogen) atoms. The van der Waals surface area contributed by atoms with Crippen molar-refractivity contribution in [3.63, 3.8) is 0 Å². The van der Waals surface area contributed by atoms with Crippen molar-refractivity contribution in [3.8, 4) is 0 Å². The van der Waals surface area contributed by atoms with E-state index in [1.165, 1.54) is 0 Å². The Labute approximate surface area is 188 Å². The fourth-order valence-corrected chi connectivity index (χ4v) is 4.99. The summed E-state index contributed by atoms with van der Waals surface area (Å²) in [6.45, 7) is 8.66. The number of hydrogen-bond donors (Lipinski definition) is 0. The smallest absolute Gasteiger partial charge is 0.344 e. The summed E-state index contributed by atoms with van der Waals surface area (Å²) < 4.78 is 30.3. The van der Waals surface area contributed by atoms with Crippen LogP contribution in [0.5, 0.6) is 0 Å². The minimum absolute atomic E-state index is 0.150. The van der Waals surface area contributed by atoms with Crippen LogP contribution in [0, 0.1) is 6.92 Å². The van der Waals surface area contributed by atoms with Crippen molar-refractivity contribution in [2.75, 3.05) is 26.4 Å². The maximum atomic E-state index is 12.4. The second-order valence-corrected chi connectivity index (χ2v) is 8.80. The predicted molar refractivity (Wildman–Crippen MR) is 116 cm³/mol. The first-order valence-electron chi connectivity index (χ1n) is 10.5. The number of aryl methyl sites for hydroxylation is 1. The van der Waals surface area contributed by atoms with Crippen molar-refractivity contribution >= 4 is 31.5 Å². The van der Waals surface area contributed by atoms with E-state index in [0.29, 0.717) is 13.2 Å². The fourth-order valence-electron chi connectivity index (χ4n) is 3.47. The first-order chi connectivity index (χ1) is 15.0. The van der Waals surface area contributed by atoms with Gasteiger partial charge in [-0.15, -0.1) is 5.10 Å². The molecule has 0 spiro atoms. The van der Waals surface area contributed by atoms with Crippen LogP contribution in [0.1, 0.15) is 51.1 Å². The summed E-state index contributed by atoms with van der Waals surface area (Å²) in [5, 5.41) is 4.51. The van der Waals surface area contributed by atoms with E-state index >= 15 is 0 Å². The van der Waals surface area contributed by atoms with Crippen LogP contribution < -0.4 is 0 Å². The highest BCUT2D eigenvalue weighted by atomic mass is 35.5. The van der Waals surface area contributed by atoms with E-state index in [1.54, 1.807) is 11.4 Å². The minimum atomic E-state index is -1.56. The van der Waals surface area contributed by atoms with Crippen molar-refractivity contribution in [1.82, 2.24) is 14.6 Å². The summed E-state index contributed by atoms with van der Waals surface area (Å²) in [6.07, 6.45) is 1.26. The Bertz CT molecular complexity index is 876. The lowest BCUT2D eigenvalue weighted by Gasteiger charge is -2.25. The van der Waals surface area contributed by atoms with Crippen molar-refractivity contribution in [3.05, 3.63) is 28.8 Å². The van der Waals surface area contributed by atoms with Gasteiger partial charge in [-0.05, 0) is 64.3 Å². The molecule has 0 bridgehead atoms. The van der Waals surface area contributed by atoms with Gasteiger partial charge in [0.05, 0.1) is 49.4 Å². The highest BCUT2D eigenvalue weighted by Crippen LogP contribution is 2.45. The van der Waals surface area contributed by atoms with Gasteiger partial charge in [0, 0.05) is 0 Å². The molecule has 0 aromatic carbocycles. The van der Waals surface area contributed by atoms with E-state index in [4.69, 9.17) is 34.9 Å². The number of esters is 1. The molecule has 3 atom stereocenters. The minimum Gasteiger partial charge on any atom is -0.464 e. The molecule has 2 aromatic heterocycles. The Balaban J connectivity index is 1.66. The molecule has 1 saturated heterocycles. The summed E-state index contributed by atoms with van der Waals surface area (Å²) in [5.41, 5.74) is 2.61. The second-order valence-electron chi connectivity index (χ2n) is 6.90. The predicted octanol–water partition coefficient (Wildman–Crippen LogP) is 4.20. The molecule has 2 unspecified atom stereocenters. The summed E-state index contributed by atoms with van der Waals surface area (Å²) in [7, 11) is -1.56. The average molecular weight is 474 g/mol. The van der Waals surface area contributed by atoms with Gasteiger partial charge in [0.25, 0.3) is 0 Å². The molecule has 0 N–H and O–H groups in total. The molecule has 0 aliphatic carbocycles. The van der Waals surface area contributed by atoms with Crippen LogP contribution in [0.4, 0.5) is 0 Å². The summed E-state index contributed by atoms with van der Waals surface area (Å²) in [5.74, 6) is -1.40. The molecule has 11 heteroatoms. The van der Waals surface area contributed by atoms with Crippen LogP contribution in [0.3, 0.4) is 0 Å². The lowest BCUT2D eigenvalue weighted by molar-refractivity contribution is -0.153. The standard InChI is InChI=1S/C20H29ClN3O6P/c1-5-26-18(25)19(31(28-6-2)29-7-3)27-12-14-8-11-17(30-14)16-10-9-15-13(4)22-20(21)23-24(15)16/h9-10,14,17,19H,5-8,11-12H2,1-4H3/t14?,17-,19?/m0/s1. The number of nitrogens with zero attached hydrogens (tertiary/aromatic N) is 3. The third-order valence-corrected chi connectivity index (χ3v) is 6.70. The molecule has 1 aliphatic heterocycles. The average Bonchev–Trinajstić information content (AvgIpc) is 3.35. The van der Waals surface area contributed by atoms with Gasteiger partial charge in [-0.3, -0.25) is 0 Å². The van der Waals surface area contributed by atoms with E-state index < -0.39 is 20.2 Å². The number of hydrogen-bond acceptors (Lipinski definition) is 8. The summed E-state index contributed by atoms with van der Waals surface area (Å²) in [4.78, 5) is 16.6. The Morgan fingerprint density at radius 3 is 2.68 bits per heavy atom. The molecule has 0 amide bonds. The molecule has 1 fully saturated rings. The first-order valence-corrected chi connectivity index (χ1v) is 12.1. The first kappa shape index (κ1) is 24.3. The van der Waals surface area contributed by atoms with Crippen LogP contribution in [0.25, 0.3) is 5.52 Å². The van der Waals surface area contributed by atoms with Crippen LogP contribution in [-0.4, -0.2) is 58.9 Å². The number of carbonyl (C=O) groups is 1. The Hall–Kier alpha value is -1.35. The molecule has 3 rings (SSSR count). The van der Waals surface area contributed by atoms with Gasteiger partial charge in [0.1, 0.15) is 6.10 Å². The Morgan fingerprint density at radius 1 is 1.26 bits per heavy atom. The van der Waals surface area contributed by atoms with E-state index in [-0.39, 0.29) is 30.7 Å². The molecule has 0 radical (unpaired) electrons. The number of ether oxygens (including phenoxy) is 3. The number of halogens is 1. The van der Waals surface area contributed by atoms with Crippen molar-refractivity contribution in [1.29, 1.82) is 0 Å². The third kappa shape index (κ3) is 5.92. The molecule has 172 valence electrons. The van der Waals surface area contributed by atoms with Gasteiger partial charge in [0.15, 0.2) is 0 Å². The van der Waals surface area contributed by atoms with E-state index in [0.717, 1.165) is 29.7 Å². The molecular weight excluding hydrogens is 445 g/mol. The van der Waals surface area contributed by atoms with Crippen LogP contribution in [0.2, 0.25) is 5.28 Å². The zero-order valence-electron chi connectivity index (χ0n) is 18.2. The Kier molecular flexibility index (Phi) is 9.01. The van der Waals surface area contributed by atoms with E-state index in [2.05, 4.69) is 10.1 Å². The Morgan fingerprint density at radius 2 is 2.00 bits per heavy atom. The molecule has 2 aromatic rings. The number of carbonyl (C=O) groups excluding carboxylic acids is 1. The van der Waals surface area contributed by atoms with Crippen LogP contribution in [-0.2, 0) is 28.1 Å². The number of fused-ring (bicyclic) bond motifs is 1. The molecule has 9 nitrogen and oxygen atoms in total. The van der Waals surface area contributed by atoms with E-state index in [1.807, 2.05) is 32.9 Å². The fraction of sp³-hybridized carbons (Fsp3) is 0.650. The lowest BCUT2D eigenvalue weighted by Crippen LogP contribution is -2.30. The van der Waals surface area contributed by atoms with Crippen LogP contribution >= 0.6 is 20.0 Å². The van der Waals surface area contributed by atoms with Crippen LogP contribution in [0.15, 0.2) is 12.1 Å². The van der Waals surface area contributed by atoms with Gasteiger partial charge in [0.2, 0.25) is 19.5 Å². The molecule has 3 heterocycles. The largest absolute Gasteiger partial charge is 0.464 e. The molecular formula is C20H29ClN3O6P. The number of rotatable bonds is 11. The normalized spacial score (nSPS) is 19.9. The summed E-state index contributed by atoms with van der Waals surface area (Å²) >= 11 is 6.04. The highest BCUT2D eigenvalue weighted by Gasteiger charge is 2.36. The quantitative estimate of drug-likeness (QED) is 0.354. The maximum Gasteiger partial charge on any atom is 0.344 e. The van der Waals surface area contributed by atoms with Gasteiger partial charge < -0.3 is 23.3 Å². The third-order valence-electron chi connectivity index (χ3n) is 4.77. The van der Waals surface area contributed by atoms with Crippen molar-refractivity contribution in [2.24, 2.45) is 0 Å². The zero-order chi connectivity index (χ0) is 22.4. The highest BCUT2D eigenvalue weighted by molar-refractivity contribution is 7.49. The van der Waals surface area contributed by atoms with E-state index in [9.17, 15) is 4.79 Å². The topological polar surface area (TPSA) is 93.4 Å². The monoisotopic (exact) mass is 473 g/mol. The SMILES string of the molecule is CCOC(=O)C(OCC1CC[C@@H](c2ccc3c(C)nc(Cl)nn23)O1)P(OCC)OCC. The molecule has 1 aliphatic rings.